The van der Waals surface area contributed by atoms with E-state index in [2.05, 4.69) is 15.8 Å². The number of piperidine rings is 1. The molecule has 1 fully saturated rings. The number of likely N-dealkylation sites (tertiary alicyclic amines) is 1. The second-order valence-electron chi connectivity index (χ2n) is 13.6. The largest absolute Gasteiger partial charge is 1.00 e. The summed E-state index contributed by atoms with van der Waals surface area (Å²) in [5.74, 6) is -1.86. The minimum absolute atomic E-state index is 0. The van der Waals surface area contributed by atoms with E-state index in [0.717, 1.165) is 12.1 Å². The van der Waals surface area contributed by atoms with Crippen molar-refractivity contribution in [1.29, 1.82) is 0 Å². The van der Waals surface area contributed by atoms with Gasteiger partial charge in [0.2, 0.25) is 0 Å². The first-order valence-electron chi connectivity index (χ1n) is 17.4. The first-order chi connectivity index (χ1) is 26.7. The van der Waals surface area contributed by atoms with Gasteiger partial charge in [-0.25, -0.2) is 14.4 Å². The Morgan fingerprint density at radius 2 is 1.14 bits per heavy atom. The molecule has 4 aromatic rings. The van der Waals surface area contributed by atoms with E-state index in [-0.39, 0.29) is 58.7 Å². The van der Waals surface area contributed by atoms with Crippen molar-refractivity contribution in [2.75, 3.05) is 32.6 Å². The fourth-order valence-electron chi connectivity index (χ4n) is 5.50. The lowest BCUT2D eigenvalue weighted by Crippen LogP contribution is -3.00. The van der Waals surface area contributed by atoms with Gasteiger partial charge in [0.1, 0.15) is 39.8 Å². The number of quaternary nitrogens is 1. The predicted molar refractivity (Wildman–Crippen MR) is 196 cm³/mol. The van der Waals surface area contributed by atoms with Crippen LogP contribution in [0, 0.1) is 0 Å². The number of amides is 1. The zero-order chi connectivity index (χ0) is 42.1. The quantitative estimate of drug-likeness (QED) is 0.120. The molecule has 0 aliphatic carbocycles. The van der Waals surface area contributed by atoms with Gasteiger partial charge in [0, 0.05) is 37.0 Å². The Kier molecular flexibility index (Phi) is 15.8. The molecule has 1 amide bonds. The second-order valence-corrected chi connectivity index (χ2v) is 13.6. The van der Waals surface area contributed by atoms with E-state index in [9.17, 15) is 40.7 Å². The van der Waals surface area contributed by atoms with Crippen LogP contribution >= 0.6 is 0 Å². The fraction of sp³-hybridized carbons (Fsp3) is 0.325. The molecule has 1 aliphatic rings. The number of carbonyl (C=O) groups is 3. The van der Waals surface area contributed by atoms with E-state index in [1.165, 1.54) is 80.9 Å². The third-order valence-corrected chi connectivity index (χ3v) is 8.23. The van der Waals surface area contributed by atoms with Gasteiger partial charge in [-0.2, -0.15) is 26.3 Å². The van der Waals surface area contributed by atoms with Crippen LogP contribution in [0.15, 0.2) is 84.9 Å². The third-order valence-electron chi connectivity index (χ3n) is 8.23. The number of halogens is 7. The average Bonchev–Trinajstić information content (AvgIpc) is 3.15. The van der Waals surface area contributed by atoms with Crippen LogP contribution < -0.4 is 32.9 Å². The molecule has 314 valence electrons. The molecule has 18 heteroatoms. The number of hydrogen-bond acceptors (Lipinski definition) is 9. The number of methoxy groups -OCH3 is 2. The van der Waals surface area contributed by atoms with E-state index in [1.54, 1.807) is 11.0 Å². The number of nitrogens with zero attached hydrogens (tertiary/aromatic N) is 1. The maximum absolute atomic E-state index is 13.3. The summed E-state index contributed by atoms with van der Waals surface area (Å²) in [5, 5.41) is 3.28. The molecule has 0 atom stereocenters. The number of esters is 2. The van der Waals surface area contributed by atoms with Crippen LogP contribution in [0.5, 0.6) is 23.0 Å². The van der Waals surface area contributed by atoms with E-state index < -0.39 is 41.0 Å². The van der Waals surface area contributed by atoms with Gasteiger partial charge in [-0.3, -0.25) is 0 Å². The highest BCUT2D eigenvalue weighted by molar-refractivity contribution is 5.96. The summed E-state index contributed by atoms with van der Waals surface area (Å²) in [6.07, 6.45) is -8.24. The van der Waals surface area contributed by atoms with E-state index in [0.29, 0.717) is 37.3 Å². The lowest BCUT2D eigenvalue weighted by atomic mass is 10.0. The number of anilines is 1. The Hall–Kier alpha value is -5.68. The van der Waals surface area contributed by atoms with Crippen molar-refractivity contribution in [3.63, 3.8) is 0 Å². The van der Waals surface area contributed by atoms with Crippen molar-refractivity contribution in [1.82, 2.24) is 4.90 Å². The summed E-state index contributed by atoms with van der Waals surface area (Å²) < 4.78 is 104. The summed E-state index contributed by atoms with van der Waals surface area (Å²) in [4.78, 5) is 37.9. The van der Waals surface area contributed by atoms with E-state index >= 15 is 0 Å². The standard InChI is InChI=1S/C25H29F3N2O5.C15H12F3NO3.ClH/c1-24(2,3)35-23(32)30-13-11-16(12-14-30)29-20-10-9-17(15-18(20)22(31)33-4)34-21-8-6-5-7-19(21)25(26,27)28;1-21-14(20)10-8-9(6-7-12(10)19)22-13-5-3-2-4-11(13)15(16,17)18;/h5-10,15-16,29H,11-14H2,1-4H3;2-8H,19H2,1H3;1H. The number of benzene rings is 4. The van der Waals surface area contributed by atoms with Crippen LogP contribution in [0.4, 0.5) is 42.5 Å². The number of carbonyl (C=O) groups excluding carboxylic acids is 3. The highest BCUT2D eigenvalue weighted by atomic mass is 35.5. The molecule has 4 aromatic carbocycles. The highest BCUT2D eigenvalue weighted by Gasteiger charge is 2.35. The molecule has 0 unspecified atom stereocenters. The summed E-state index contributed by atoms with van der Waals surface area (Å²) in [6, 6.07) is 18.2. The van der Waals surface area contributed by atoms with Gasteiger partial charge in [-0.1, -0.05) is 24.3 Å². The zero-order valence-corrected chi connectivity index (χ0v) is 32.8. The Morgan fingerprint density at radius 3 is 1.60 bits per heavy atom. The summed E-state index contributed by atoms with van der Waals surface area (Å²) >= 11 is 0. The molecule has 58 heavy (non-hydrogen) atoms. The van der Waals surface area contributed by atoms with Crippen molar-refractivity contribution in [3.05, 3.63) is 107 Å². The molecule has 5 rings (SSSR count). The van der Waals surface area contributed by atoms with Crippen molar-refractivity contribution in [3.8, 4) is 23.0 Å². The second kappa shape index (κ2) is 19.7. The molecule has 0 spiro atoms. The number of ether oxygens (including phenoxy) is 5. The van der Waals surface area contributed by atoms with Crippen LogP contribution in [0.3, 0.4) is 0 Å². The van der Waals surface area contributed by atoms with Crippen LogP contribution in [0.25, 0.3) is 0 Å². The highest BCUT2D eigenvalue weighted by Crippen LogP contribution is 2.40. The molecular formula is C40H42ClF6N3O8. The monoisotopic (exact) mass is 841 g/mol. The lowest BCUT2D eigenvalue weighted by Gasteiger charge is -2.34. The van der Waals surface area contributed by atoms with E-state index in [1.807, 2.05) is 20.8 Å². The van der Waals surface area contributed by atoms with E-state index in [4.69, 9.17) is 18.9 Å². The van der Waals surface area contributed by atoms with Crippen LogP contribution in [0.2, 0.25) is 0 Å². The normalized spacial score (nSPS) is 13.2. The average molecular weight is 842 g/mol. The maximum atomic E-state index is 13.3. The van der Waals surface area contributed by atoms with Crippen molar-refractivity contribution in [2.24, 2.45) is 0 Å². The summed E-state index contributed by atoms with van der Waals surface area (Å²) in [5.41, 5.74) is 2.38. The van der Waals surface area contributed by atoms with Crippen molar-refractivity contribution >= 4 is 29.4 Å². The van der Waals surface area contributed by atoms with Gasteiger partial charge in [0.05, 0.1) is 30.9 Å². The minimum atomic E-state index is -4.59. The molecular weight excluding hydrogens is 800 g/mol. The fourth-order valence-corrected chi connectivity index (χ4v) is 5.50. The third kappa shape index (κ3) is 12.9. The van der Waals surface area contributed by atoms with Gasteiger partial charge in [-0.15, -0.1) is 0 Å². The molecule has 0 radical (unpaired) electrons. The van der Waals surface area contributed by atoms with Gasteiger partial charge in [-0.05, 0) is 82.1 Å². The molecule has 1 aliphatic heterocycles. The number of nitrogens with one attached hydrogen (secondary N) is 1. The number of alkyl halides is 6. The molecule has 11 nitrogen and oxygen atoms in total. The van der Waals surface area contributed by atoms with Crippen LogP contribution in [-0.2, 0) is 26.6 Å². The Balaban J connectivity index is 0.000000337. The topological polar surface area (TPSA) is 140 Å². The molecule has 0 bridgehead atoms. The molecule has 1 heterocycles. The molecule has 1 saturated heterocycles. The predicted octanol–water partition coefficient (Wildman–Crippen LogP) is 6.26. The molecule has 4 N–H and O–H groups in total. The number of hydrogen-bond donors (Lipinski definition) is 2. The van der Waals surface area contributed by atoms with Crippen LogP contribution in [-0.4, -0.2) is 61.9 Å². The Labute approximate surface area is 336 Å². The van der Waals surface area contributed by atoms with Gasteiger partial charge < -0.3 is 52.0 Å². The maximum Gasteiger partial charge on any atom is 0.419 e. The minimum Gasteiger partial charge on any atom is -1.00 e. The number of para-hydroxylation sites is 2. The SMILES string of the molecule is COC(=O)c1cc(Oc2ccccc2C(F)(F)F)ccc1NC1CCN(C(=O)OC(C)(C)C)CC1.COC(=O)c1cc(Oc2ccccc2C(F)(F)F)ccc1[NH3+].[Cl-]. The van der Waals surface area contributed by atoms with Crippen molar-refractivity contribution in [2.45, 2.75) is 57.6 Å². The zero-order valence-electron chi connectivity index (χ0n) is 32.1. The van der Waals surface area contributed by atoms with Crippen LogP contribution in [0.1, 0.15) is 65.5 Å². The number of rotatable bonds is 8. The van der Waals surface area contributed by atoms with Gasteiger partial charge in [0.15, 0.2) is 0 Å². The first-order valence-corrected chi connectivity index (χ1v) is 17.4. The van der Waals surface area contributed by atoms with Crippen molar-refractivity contribution < 1.29 is 82.6 Å². The Morgan fingerprint density at radius 1 is 0.690 bits per heavy atom. The van der Waals surface area contributed by atoms with Gasteiger partial charge >= 0.3 is 30.4 Å². The Bertz CT molecular complexity index is 2050. The molecule has 0 saturated carbocycles. The lowest BCUT2D eigenvalue weighted by molar-refractivity contribution is -0.255. The summed E-state index contributed by atoms with van der Waals surface area (Å²) in [7, 11) is 2.42. The first kappa shape index (κ1) is 46.7. The molecule has 0 aromatic heterocycles. The summed E-state index contributed by atoms with van der Waals surface area (Å²) in [6.45, 7) is 6.39. The van der Waals surface area contributed by atoms with Gasteiger partial charge in [0.25, 0.3) is 0 Å². The smallest absolute Gasteiger partial charge is 0.419 e.